The zero-order chi connectivity index (χ0) is 22.5. The number of fused-ring (bicyclic) bond motifs is 2. The lowest BCUT2D eigenvalue weighted by molar-refractivity contribution is 0.185. The molecule has 2 N–H and O–H groups in total. The van der Waals surface area contributed by atoms with Crippen LogP contribution < -0.4 is 5.73 Å². The molecule has 0 bridgehead atoms. The van der Waals surface area contributed by atoms with Crippen LogP contribution in [0, 0.1) is 18.7 Å². The molecule has 8 nitrogen and oxygen atoms in total. The summed E-state index contributed by atoms with van der Waals surface area (Å²) in [4.78, 5) is 14.0. The Morgan fingerprint density at radius 3 is 2.68 bits per heavy atom. The molecular weight excluding hydrogens is 433 g/mol. The van der Waals surface area contributed by atoms with E-state index in [1.807, 2.05) is 35.9 Å². The van der Waals surface area contributed by atoms with Gasteiger partial charge in [-0.05, 0) is 55.7 Å². The van der Waals surface area contributed by atoms with Crippen LogP contribution in [0.2, 0.25) is 0 Å². The third-order valence-electron chi connectivity index (χ3n) is 6.15. The lowest BCUT2D eigenvalue weighted by Crippen LogP contribution is -2.07. The Balaban J connectivity index is 0.00000241. The predicted molar refractivity (Wildman–Crippen MR) is 129 cm³/mol. The van der Waals surface area contributed by atoms with Crippen LogP contribution >= 0.6 is 0 Å². The first-order valence-corrected chi connectivity index (χ1v) is 10.9. The zero-order valence-corrected chi connectivity index (χ0v) is 18.1. The van der Waals surface area contributed by atoms with Crippen molar-refractivity contribution >= 4 is 17.2 Å². The summed E-state index contributed by atoms with van der Waals surface area (Å²) in [5.41, 5.74) is 11.9. The smallest absolute Gasteiger partial charge is 0.223 e. The normalized spacial score (nSPS) is 15.8. The molecule has 4 aromatic heterocycles. The molecule has 0 saturated carbocycles. The molecule has 5 aromatic rings. The van der Waals surface area contributed by atoms with E-state index >= 15 is 0 Å². The van der Waals surface area contributed by atoms with E-state index in [9.17, 15) is 4.39 Å². The molecular formula is C25H26FN7O. The molecule has 0 aliphatic carbocycles. The minimum absolute atomic E-state index is 0. The standard InChI is InChI=1S/C24H22FN7O.CH4/c1-14-11-27-20-7-4-17(12-31(14)20)21-22(16-2-5-18(25)6-3-16)29-24(26)32-23(21)28-19(30-32)10-15-8-9-33-13-15;/h2-7,11-12,15H,8-10,13H2,1H3,(H2,26,29);1H4. The fraction of sp³-hybridized carbons (Fsp3) is 0.280. The fourth-order valence-corrected chi connectivity index (χ4v) is 4.42. The number of rotatable bonds is 4. The van der Waals surface area contributed by atoms with E-state index < -0.39 is 0 Å². The van der Waals surface area contributed by atoms with Crippen LogP contribution in [0.4, 0.5) is 10.3 Å². The number of hydrogen-bond acceptors (Lipinski definition) is 6. The Morgan fingerprint density at radius 2 is 1.91 bits per heavy atom. The topological polar surface area (TPSA) is 95.6 Å². The number of halogens is 1. The van der Waals surface area contributed by atoms with Gasteiger partial charge < -0.3 is 14.9 Å². The van der Waals surface area contributed by atoms with Crippen molar-refractivity contribution in [1.29, 1.82) is 0 Å². The van der Waals surface area contributed by atoms with E-state index in [-0.39, 0.29) is 19.2 Å². The van der Waals surface area contributed by atoms with Crippen LogP contribution in [-0.4, -0.2) is 42.2 Å². The lowest BCUT2D eigenvalue weighted by Gasteiger charge is -2.12. The van der Waals surface area contributed by atoms with Crippen LogP contribution in [0.25, 0.3) is 33.7 Å². The van der Waals surface area contributed by atoms with Gasteiger partial charge in [0.1, 0.15) is 11.5 Å². The van der Waals surface area contributed by atoms with Crippen molar-refractivity contribution in [2.24, 2.45) is 5.92 Å². The number of ether oxygens (including phenoxy) is 1. The van der Waals surface area contributed by atoms with Crippen molar-refractivity contribution < 1.29 is 9.13 Å². The number of anilines is 1. The van der Waals surface area contributed by atoms with Crippen molar-refractivity contribution in [3.8, 4) is 22.4 Å². The predicted octanol–water partition coefficient (Wildman–Crippen LogP) is 4.35. The maximum atomic E-state index is 13.6. The van der Waals surface area contributed by atoms with Gasteiger partial charge in [-0.25, -0.2) is 19.3 Å². The van der Waals surface area contributed by atoms with Gasteiger partial charge in [0.05, 0.1) is 11.3 Å². The summed E-state index contributed by atoms with van der Waals surface area (Å²) in [5.74, 6) is 1.01. The van der Waals surface area contributed by atoms with Gasteiger partial charge in [0, 0.05) is 48.8 Å². The van der Waals surface area contributed by atoms with Gasteiger partial charge >= 0.3 is 0 Å². The first kappa shape index (κ1) is 22.0. The van der Waals surface area contributed by atoms with Crippen LogP contribution in [0.3, 0.4) is 0 Å². The molecule has 34 heavy (non-hydrogen) atoms. The van der Waals surface area contributed by atoms with Crippen LogP contribution in [-0.2, 0) is 11.2 Å². The van der Waals surface area contributed by atoms with E-state index in [2.05, 4.69) is 15.1 Å². The van der Waals surface area contributed by atoms with Gasteiger partial charge in [-0.3, -0.25) is 0 Å². The Hall–Kier alpha value is -3.85. The largest absolute Gasteiger partial charge is 0.381 e. The average molecular weight is 460 g/mol. The summed E-state index contributed by atoms with van der Waals surface area (Å²) in [5, 5.41) is 4.66. The highest BCUT2D eigenvalue weighted by atomic mass is 19.1. The first-order chi connectivity index (χ1) is 16.1. The van der Waals surface area contributed by atoms with E-state index in [0.717, 1.165) is 41.1 Å². The molecule has 5 heterocycles. The third kappa shape index (κ3) is 3.67. The van der Waals surface area contributed by atoms with Crippen molar-refractivity contribution in [3.63, 3.8) is 0 Å². The molecule has 1 aliphatic heterocycles. The monoisotopic (exact) mass is 459 g/mol. The third-order valence-corrected chi connectivity index (χ3v) is 6.15. The van der Waals surface area contributed by atoms with Crippen molar-refractivity contribution in [2.75, 3.05) is 18.9 Å². The van der Waals surface area contributed by atoms with Gasteiger partial charge in [0.2, 0.25) is 5.95 Å². The molecule has 0 radical (unpaired) electrons. The molecule has 1 aromatic carbocycles. The molecule has 0 spiro atoms. The van der Waals surface area contributed by atoms with Crippen molar-refractivity contribution in [2.45, 2.75) is 27.2 Å². The van der Waals surface area contributed by atoms with E-state index in [0.29, 0.717) is 36.1 Å². The van der Waals surface area contributed by atoms with E-state index in [1.165, 1.54) is 12.1 Å². The number of hydrogen-bond donors (Lipinski definition) is 1. The van der Waals surface area contributed by atoms with Gasteiger partial charge in [-0.2, -0.15) is 4.52 Å². The van der Waals surface area contributed by atoms with Gasteiger partial charge in [-0.15, -0.1) is 5.10 Å². The number of nitrogens with zero attached hydrogens (tertiary/aromatic N) is 6. The lowest BCUT2D eigenvalue weighted by atomic mass is 10.0. The molecule has 1 aliphatic rings. The van der Waals surface area contributed by atoms with E-state index in [1.54, 1.807) is 16.6 Å². The number of aryl methyl sites for hydroxylation is 1. The van der Waals surface area contributed by atoms with Gasteiger partial charge in [0.15, 0.2) is 11.5 Å². The Bertz CT molecular complexity index is 1480. The number of imidazole rings is 1. The second-order valence-corrected chi connectivity index (χ2v) is 8.44. The number of pyridine rings is 1. The average Bonchev–Trinajstić information content (AvgIpc) is 3.56. The summed E-state index contributed by atoms with van der Waals surface area (Å²) in [6, 6.07) is 10.2. The number of benzene rings is 1. The summed E-state index contributed by atoms with van der Waals surface area (Å²) in [6.45, 7) is 3.49. The Kier molecular flexibility index (Phi) is 5.49. The van der Waals surface area contributed by atoms with Crippen LogP contribution in [0.1, 0.15) is 25.4 Å². The maximum Gasteiger partial charge on any atom is 0.223 e. The van der Waals surface area contributed by atoms with E-state index in [4.69, 9.17) is 15.5 Å². The van der Waals surface area contributed by atoms with Crippen LogP contribution in [0.5, 0.6) is 0 Å². The maximum absolute atomic E-state index is 13.6. The second-order valence-electron chi connectivity index (χ2n) is 8.44. The second kappa shape index (κ2) is 8.49. The van der Waals surface area contributed by atoms with Crippen LogP contribution in [0.15, 0.2) is 48.8 Å². The van der Waals surface area contributed by atoms with Gasteiger partial charge in [0.25, 0.3) is 0 Å². The summed E-state index contributed by atoms with van der Waals surface area (Å²) < 4.78 is 22.8. The fourth-order valence-electron chi connectivity index (χ4n) is 4.42. The van der Waals surface area contributed by atoms with Crippen molar-refractivity contribution in [1.82, 2.24) is 29.0 Å². The summed E-state index contributed by atoms with van der Waals surface area (Å²) >= 11 is 0. The highest BCUT2D eigenvalue weighted by Gasteiger charge is 2.23. The minimum atomic E-state index is -0.312. The Labute approximate surface area is 196 Å². The molecule has 9 heteroatoms. The molecule has 1 saturated heterocycles. The molecule has 0 amide bonds. The quantitative estimate of drug-likeness (QED) is 0.429. The molecule has 1 atom stereocenters. The van der Waals surface area contributed by atoms with Gasteiger partial charge in [-0.1, -0.05) is 7.43 Å². The molecule has 1 fully saturated rings. The number of nitrogens with two attached hydrogens (primary N) is 1. The minimum Gasteiger partial charge on any atom is -0.381 e. The zero-order valence-electron chi connectivity index (χ0n) is 18.1. The SMILES string of the molecule is C.Cc1cnc2ccc(-c3c(-c4ccc(F)cc4)nc(N)n4nc(CC5CCOC5)nc34)cn12. The first-order valence-electron chi connectivity index (χ1n) is 10.9. The van der Waals surface area contributed by atoms with Crippen molar-refractivity contribution in [3.05, 3.63) is 66.1 Å². The molecule has 1 unspecified atom stereocenters. The summed E-state index contributed by atoms with van der Waals surface area (Å²) in [7, 11) is 0. The highest BCUT2D eigenvalue weighted by molar-refractivity contribution is 5.90. The number of nitrogen functional groups attached to an aromatic ring is 1. The summed E-state index contributed by atoms with van der Waals surface area (Å²) in [6.07, 6.45) is 5.55. The Morgan fingerprint density at radius 1 is 1.12 bits per heavy atom. The number of aromatic nitrogens is 6. The highest BCUT2D eigenvalue weighted by Crippen LogP contribution is 2.35. The molecule has 6 rings (SSSR count). The molecule has 174 valence electrons.